The molecule has 0 saturated heterocycles. The van der Waals surface area contributed by atoms with Gasteiger partial charge in [0.15, 0.2) is 0 Å². The highest BCUT2D eigenvalue weighted by molar-refractivity contribution is 7.80. The molecule has 0 unspecified atom stereocenters. The minimum absolute atomic E-state index is 0.0283. The number of rotatable bonds is 7. The second-order valence-electron chi connectivity index (χ2n) is 4.59. The SMILES string of the molecule is N[C@@H](CS)CNc1ccccc1OCc1ccccc1. The summed E-state index contributed by atoms with van der Waals surface area (Å²) in [6.07, 6.45) is 0. The third kappa shape index (κ3) is 4.47. The molecule has 0 aliphatic heterocycles. The van der Waals surface area contributed by atoms with Crippen molar-refractivity contribution in [1.29, 1.82) is 0 Å². The first-order valence-corrected chi connectivity index (χ1v) is 7.29. The summed E-state index contributed by atoms with van der Waals surface area (Å²) in [5.41, 5.74) is 7.96. The second kappa shape index (κ2) is 7.82. The van der Waals surface area contributed by atoms with Gasteiger partial charge in [-0.25, -0.2) is 0 Å². The summed E-state index contributed by atoms with van der Waals surface area (Å²) in [6.45, 7) is 1.23. The minimum Gasteiger partial charge on any atom is -0.487 e. The molecule has 3 N–H and O–H groups in total. The molecule has 1 atom stereocenters. The topological polar surface area (TPSA) is 47.3 Å². The third-order valence-corrected chi connectivity index (χ3v) is 3.38. The Hall–Kier alpha value is -1.65. The van der Waals surface area contributed by atoms with Gasteiger partial charge in [0.25, 0.3) is 0 Å². The summed E-state index contributed by atoms with van der Waals surface area (Å²) in [5.74, 6) is 1.49. The molecule has 0 spiro atoms. The van der Waals surface area contributed by atoms with Crippen molar-refractivity contribution in [3.05, 3.63) is 60.2 Å². The fourth-order valence-electron chi connectivity index (χ4n) is 1.78. The van der Waals surface area contributed by atoms with E-state index in [0.29, 0.717) is 18.9 Å². The minimum atomic E-state index is 0.0283. The molecule has 2 aromatic rings. The van der Waals surface area contributed by atoms with Crippen LogP contribution in [-0.2, 0) is 6.61 Å². The highest BCUT2D eigenvalue weighted by atomic mass is 32.1. The van der Waals surface area contributed by atoms with Gasteiger partial charge in [-0.15, -0.1) is 0 Å². The standard InChI is InChI=1S/C16H20N2OS/c17-14(12-20)10-18-15-8-4-5-9-16(15)19-11-13-6-2-1-3-7-13/h1-9,14,18,20H,10-12,17H2/t14-/m1/s1. The molecule has 0 bridgehead atoms. The quantitative estimate of drug-likeness (QED) is 0.687. The van der Waals surface area contributed by atoms with Gasteiger partial charge < -0.3 is 15.8 Å². The van der Waals surface area contributed by atoms with Crippen LogP contribution in [0.1, 0.15) is 5.56 Å². The predicted octanol–water partition coefficient (Wildman–Crippen LogP) is 2.93. The average Bonchev–Trinajstić information content (AvgIpc) is 2.52. The molecule has 4 heteroatoms. The molecule has 0 aliphatic carbocycles. The largest absolute Gasteiger partial charge is 0.487 e. The van der Waals surface area contributed by atoms with E-state index in [9.17, 15) is 0 Å². The molecule has 0 aliphatic rings. The van der Waals surface area contributed by atoms with E-state index in [1.165, 1.54) is 0 Å². The van der Waals surface area contributed by atoms with Crippen LogP contribution >= 0.6 is 12.6 Å². The lowest BCUT2D eigenvalue weighted by molar-refractivity contribution is 0.307. The lowest BCUT2D eigenvalue weighted by Gasteiger charge is -2.15. The highest BCUT2D eigenvalue weighted by Gasteiger charge is 2.05. The molecule has 3 nitrogen and oxygen atoms in total. The Kier molecular flexibility index (Phi) is 5.77. The van der Waals surface area contributed by atoms with Gasteiger partial charge in [-0.2, -0.15) is 12.6 Å². The Bertz CT molecular complexity index is 519. The summed E-state index contributed by atoms with van der Waals surface area (Å²) in [7, 11) is 0. The van der Waals surface area contributed by atoms with Crippen molar-refractivity contribution in [1.82, 2.24) is 0 Å². The van der Waals surface area contributed by atoms with Gasteiger partial charge in [0.1, 0.15) is 12.4 Å². The first kappa shape index (κ1) is 14.8. The van der Waals surface area contributed by atoms with Crippen LogP contribution in [0.2, 0.25) is 0 Å². The Morgan fingerprint density at radius 3 is 2.50 bits per heavy atom. The summed E-state index contributed by atoms with van der Waals surface area (Å²) >= 11 is 4.18. The van der Waals surface area contributed by atoms with E-state index in [1.54, 1.807) is 0 Å². The molecule has 0 fully saturated rings. The van der Waals surface area contributed by atoms with Crippen LogP contribution in [0.3, 0.4) is 0 Å². The van der Waals surface area contributed by atoms with Crippen LogP contribution in [0.4, 0.5) is 5.69 Å². The molecule has 2 aromatic carbocycles. The zero-order valence-electron chi connectivity index (χ0n) is 11.3. The Morgan fingerprint density at radius 1 is 1.05 bits per heavy atom. The average molecular weight is 288 g/mol. The maximum atomic E-state index is 5.87. The summed E-state index contributed by atoms with van der Waals surface area (Å²) in [5, 5.41) is 3.30. The number of anilines is 1. The normalized spacial score (nSPS) is 11.9. The highest BCUT2D eigenvalue weighted by Crippen LogP contribution is 2.24. The van der Waals surface area contributed by atoms with Crippen LogP contribution in [0, 0.1) is 0 Å². The molecule has 0 radical (unpaired) electrons. The number of nitrogens with two attached hydrogens (primary N) is 1. The van der Waals surface area contributed by atoms with Crippen LogP contribution in [-0.4, -0.2) is 18.3 Å². The third-order valence-electron chi connectivity index (χ3n) is 2.91. The van der Waals surface area contributed by atoms with Gasteiger partial charge in [-0.3, -0.25) is 0 Å². The van der Waals surface area contributed by atoms with Crippen molar-refractivity contribution >= 4 is 18.3 Å². The van der Waals surface area contributed by atoms with Crippen molar-refractivity contribution in [2.75, 3.05) is 17.6 Å². The summed E-state index contributed by atoms with van der Waals surface area (Å²) in [6, 6.07) is 18.0. The molecule has 0 aromatic heterocycles. The van der Waals surface area contributed by atoms with E-state index in [0.717, 1.165) is 17.0 Å². The predicted molar refractivity (Wildman–Crippen MR) is 87.5 cm³/mol. The Labute approximate surface area is 125 Å². The number of hydrogen-bond donors (Lipinski definition) is 3. The van der Waals surface area contributed by atoms with Crippen molar-refractivity contribution in [3.8, 4) is 5.75 Å². The maximum Gasteiger partial charge on any atom is 0.142 e. The first-order chi connectivity index (χ1) is 9.79. The van der Waals surface area contributed by atoms with Gasteiger partial charge in [-0.1, -0.05) is 42.5 Å². The van der Waals surface area contributed by atoms with E-state index in [2.05, 4.69) is 17.9 Å². The van der Waals surface area contributed by atoms with Crippen LogP contribution in [0.15, 0.2) is 54.6 Å². The summed E-state index contributed by atoms with van der Waals surface area (Å²) < 4.78 is 5.87. The number of ether oxygens (including phenoxy) is 1. The fraction of sp³-hybridized carbons (Fsp3) is 0.250. The Morgan fingerprint density at radius 2 is 1.75 bits per heavy atom. The molecule has 0 heterocycles. The number of benzene rings is 2. The lowest BCUT2D eigenvalue weighted by Crippen LogP contribution is -2.30. The van der Waals surface area contributed by atoms with E-state index in [1.807, 2.05) is 54.6 Å². The van der Waals surface area contributed by atoms with Gasteiger partial charge >= 0.3 is 0 Å². The van der Waals surface area contributed by atoms with Crippen LogP contribution < -0.4 is 15.8 Å². The van der Waals surface area contributed by atoms with Crippen molar-refractivity contribution in [2.24, 2.45) is 5.73 Å². The van der Waals surface area contributed by atoms with E-state index in [-0.39, 0.29) is 6.04 Å². The first-order valence-electron chi connectivity index (χ1n) is 6.65. The number of hydrogen-bond acceptors (Lipinski definition) is 4. The molecule has 106 valence electrons. The number of nitrogens with one attached hydrogen (secondary N) is 1. The molecule has 0 amide bonds. The van der Waals surface area contributed by atoms with Gasteiger partial charge in [-0.05, 0) is 17.7 Å². The van der Waals surface area contributed by atoms with E-state index < -0.39 is 0 Å². The molecule has 2 rings (SSSR count). The van der Waals surface area contributed by atoms with Crippen LogP contribution in [0.25, 0.3) is 0 Å². The molecular formula is C16H20N2OS. The van der Waals surface area contributed by atoms with E-state index in [4.69, 9.17) is 10.5 Å². The van der Waals surface area contributed by atoms with Crippen molar-refractivity contribution in [3.63, 3.8) is 0 Å². The maximum absolute atomic E-state index is 5.87. The van der Waals surface area contributed by atoms with Gasteiger partial charge in [0, 0.05) is 18.3 Å². The fourth-order valence-corrected chi connectivity index (χ4v) is 1.91. The van der Waals surface area contributed by atoms with E-state index >= 15 is 0 Å². The molecule has 20 heavy (non-hydrogen) atoms. The zero-order valence-corrected chi connectivity index (χ0v) is 12.2. The molecular weight excluding hydrogens is 268 g/mol. The number of thiol groups is 1. The Balaban J connectivity index is 1.97. The summed E-state index contributed by atoms with van der Waals surface area (Å²) in [4.78, 5) is 0. The monoisotopic (exact) mass is 288 g/mol. The van der Waals surface area contributed by atoms with Crippen LogP contribution in [0.5, 0.6) is 5.75 Å². The number of para-hydroxylation sites is 2. The zero-order chi connectivity index (χ0) is 14.2. The van der Waals surface area contributed by atoms with Crippen molar-refractivity contribution < 1.29 is 4.74 Å². The molecule has 0 saturated carbocycles. The van der Waals surface area contributed by atoms with Gasteiger partial charge in [0.05, 0.1) is 5.69 Å². The second-order valence-corrected chi connectivity index (χ2v) is 4.96. The smallest absolute Gasteiger partial charge is 0.142 e. The van der Waals surface area contributed by atoms with Gasteiger partial charge in [0.2, 0.25) is 0 Å². The lowest BCUT2D eigenvalue weighted by atomic mass is 10.2. The van der Waals surface area contributed by atoms with Crippen molar-refractivity contribution in [2.45, 2.75) is 12.6 Å².